The lowest BCUT2D eigenvalue weighted by atomic mass is 10.1. The number of nitrogens with two attached hydrogens (primary N) is 1. The number of aliphatic carboxylic acids is 2. The average molecular weight is 303 g/mol. The summed E-state index contributed by atoms with van der Waals surface area (Å²) in [5.74, 6) is -1.54. The first-order chi connectivity index (χ1) is 10.4. The molecule has 0 aromatic heterocycles. The van der Waals surface area contributed by atoms with E-state index in [-0.39, 0.29) is 18.6 Å². The first kappa shape index (κ1) is 17.0. The lowest BCUT2D eigenvalue weighted by Gasteiger charge is -1.96. The van der Waals surface area contributed by atoms with Crippen molar-refractivity contribution in [2.75, 3.05) is 5.73 Å². The zero-order chi connectivity index (χ0) is 16.5. The molecule has 0 heterocycles. The highest BCUT2D eigenvalue weighted by Gasteiger charge is 1.99. The van der Waals surface area contributed by atoms with Crippen LogP contribution < -0.4 is 5.73 Å². The number of hydrogen-bond acceptors (Lipinski definition) is 4. The highest BCUT2D eigenvalue weighted by atomic mass is 16.4. The molecule has 0 saturated heterocycles. The lowest BCUT2D eigenvalue weighted by molar-refractivity contribution is -0.137. The van der Waals surface area contributed by atoms with Gasteiger partial charge in [0.15, 0.2) is 0 Å². The Morgan fingerprint density at radius 2 is 1.14 bits per heavy atom. The van der Waals surface area contributed by atoms with Gasteiger partial charge in [0.1, 0.15) is 5.75 Å². The Kier molecular flexibility index (Phi) is 6.43. The second-order valence-electron chi connectivity index (χ2n) is 4.55. The molecule has 6 nitrogen and oxygen atoms in total. The molecule has 2 aromatic rings. The number of carboxylic acids is 2. The van der Waals surface area contributed by atoms with Gasteiger partial charge < -0.3 is 21.1 Å². The summed E-state index contributed by atoms with van der Waals surface area (Å²) in [6.07, 6.45) is 0.0561. The van der Waals surface area contributed by atoms with E-state index in [1.54, 1.807) is 36.4 Å². The molecular formula is C16H17NO5. The average Bonchev–Trinajstić information content (AvgIpc) is 2.44. The van der Waals surface area contributed by atoms with Crippen LogP contribution in [0.1, 0.15) is 11.1 Å². The summed E-state index contributed by atoms with van der Waals surface area (Å²) >= 11 is 0. The Morgan fingerprint density at radius 1 is 0.773 bits per heavy atom. The summed E-state index contributed by atoms with van der Waals surface area (Å²) in [6.45, 7) is 0. The quantitative estimate of drug-likeness (QED) is 0.640. The van der Waals surface area contributed by atoms with Crippen molar-refractivity contribution >= 4 is 17.6 Å². The van der Waals surface area contributed by atoms with E-state index < -0.39 is 11.9 Å². The van der Waals surface area contributed by atoms with Gasteiger partial charge in [-0.05, 0) is 35.4 Å². The van der Waals surface area contributed by atoms with Crippen LogP contribution in [0.3, 0.4) is 0 Å². The van der Waals surface area contributed by atoms with Crippen LogP contribution >= 0.6 is 0 Å². The monoisotopic (exact) mass is 303 g/mol. The molecule has 2 rings (SSSR count). The molecule has 2 aromatic carbocycles. The summed E-state index contributed by atoms with van der Waals surface area (Å²) in [4.78, 5) is 20.4. The van der Waals surface area contributed by atoms with Crippen LogP contribution in [0.15, 0.2) is 48.5 Å². The summed E-state index contributed by atoms with van der Waals surface area (Å²) in [6, 6.07) is 12.9. The minimum atomic E-state index is -0.865. The van der Waals surface area contributed by atoms with Crippen molar-refractivity contribution in [2.24, 2.45) is 0 Å². The van der Waals surface area contributed by atoms with Crippen LogP contribution in [0, 0.1) is 0 Å². The Bertz CT molecular complexity index is 562. The van der Waals surface area contributed by atoms with E-state index in [2.05, 4.69) is 0 Å². The number of nitrogen functional groups attached to an aromatic ring is 1. The zero-order valence-electron chi connectivity index (χ0n) is 11.8. The fourth-order valence-electron chi connectivity index (χ4n) is 1.60. The number of anilines is 1. The van der Waals surface area contributed by atoms with Crippen molar-refractivity contribution in [3.63, 3.8) is 0 Å². The third-order valence-electron chi connectivity index (χ3n) is 2.63. The molecule has 0 aliphatic rings. The maximum absolute atomic E-state index is 10.2. The largest absolute Gasteiger partial charge is 0.508 e. The third-order valence-corrected chi connectivity index (χ3v) is 2.63. The van der Waals surface area contributed by atoms with E-state index in [4.69, 9.17) is 21.1 Å². The van der Waals surface area contributed by atoms with Gasteiger partial charge in [-0.25, -0.2) is 0 Å². The topological polar surface area (TPSA) is 121 Å². The van der Waals surface area contributed by atoms with Crippen molar-refractivity contribution in [1.29, 1.82) is 0 Å². The molecular weight excluding hydrogens is 286 g/mol. The van der Waals surface area contributed by atoms with Crippen LogP contribution in [0.25, 0.3) is 0 Å². The van der Waals surface area contributed by atoms with Gasteiger partial charge in [-0.15, -0.1) is 0 Å². The van der Waals surface area contributed by atoms with Gasteiger partial charge in [0.2, 0.25) is 0 Å². The predicted octanol–water partition coefficient (Wildman–Crippen LogP) is 1.92. The standard InChI is InChI=1S/C8H9NO2.C8H8O3/c2*9-7-3-1-6(2-4-7)5-8(10)11/h1-4H,5,9H2,(H,10,11);1-4,9H,5H2,(H,10,11). The van der Waals surface area contributed by atoms with Crippen molar-refractivity contribution in [3.8, 4) is 5.75 Å². The summed E-state index contributed by atoms with van der Waals surface area (Å²) in [7, 11) is 0. The highest BCUT2D eigenvalue weighted by Crippen LogP contribution is 2.09. The third kappa shape index (κ3) is 6.95. The predicted molar refractivity (Wildman–Crippen MR) is 81.6 cm³/mol. The molecule has 0 aliphatic carbocycles. The first-order valence-electron chi connectivity index (χ1n) is 6.42. The van der Waals surface area contributed by atoms with Crippen LogP contribution in [0.4, 0.5) is 5.69 Å². The van der Waals surface area contributed by atoms with Gasteiger partial charge in [-0.2, -0.15) is 0 Å². The molecule has 22 heavy (non-hydrogen) atoms. The number of aromatic hydroxyl groups is 1. The molecule has 0 amide bonds. The Labute approximate surface area is 127 Å². The molecule has 0 bridgehead atoms. The zero-order valence-corrected chi connectivity index (χ0v) is 11.8. The van der Waals surface area contributed by atoms with E-state index in [1.807, 2.05) is 0 Å². The number of benzene rings is 2. The number of rotatable bonds is 4. The lowest BCUT2D eigenvalue weighted by Crippen LogP contribution is -1.99. The van der Waals surface area contributed by atoms with Gasteiger partial charge in [-0.3, -0.25) is 9.59 Å². The normalized spacial score (nSPS) is 9.45. The summed E-state index contributed by atoms with van der Waals surface area (Å²) in [5.41, 5.74) is 7.52. The van der Waals surface area contributed by atoms with Crippen molar-refractivity contribution < 1.29 is 24.9 Å². The van der Waals surface area contributed by atoms with E-state index >= 15 is 0 Å². The minimum absolute atomic E-state index is 0.000278. The van der Waals surface area contributed by atoms with Gasteiger partial charge >= 0.3 is 11.9 Å². The number of hydrogen-bond donors (Lipinski definition) is 4. The van der Waals surface area contributed by atoms with E-state index in [0.29, 0.717) is 11.3 Å². The van der Waals surface area contributed by atoms with E-state index in [0.717, 1.165) is 5.56 Å². The maximum Gasteiger partial charge on any atom is 0.307 e. The molecule has 0 unspecified atom stereocenters. The van der Waals surface area contributed by atoms with Gasteiger partial charge in [0.05, 0.1) is 12.8 Å². The Balaban J connectivity index is 0.000000220. The minimum Gasteiger partial charge on any atom is -0.508 e. The first-order valence-corrected chi connectivity index (χ1v) is 6.42. The van der Waals surface area contributed by atoms with Crippen molar-refractivity contribution in [3.05, 3.63) is 59.7 Å². The van der Waals surface area contributed by atoms with Crippen LogP contribution in [-0.2, 0) is 22.4 Å². The van der Waals surface area contributed by atoms with E-state index in [1.165, 1.54) is 12.1 Å². The molecule has 116 valence electrons. The van der Waals surface area contributed by atoms with Gasteiger partial charge in [-0.1, -0.05) is 24.3 Å². The molecule has 0 radical (unpaired) electrons. The number of phenols is 1. The van der Waals surface area contributed by atoms with Gasteiger partial charge in [0, 0.05) is 5.69 Å². The number of carbonyl (C=O) groups is 2. The molecule has 0 atom stereocenters. The number of phenolic OH excluding ortho intramolecular Hbond substituents is 1. The fourth-order valence-corrected chi connectivity index (χ4v) is 1.60. The Hall–Kier alpha value is -3.02. The van der Waals surface area contributed by atoms with Crippen LogP contribution in [-0.4, -0.2) is 27.3 Å². The van der Waals surface area contributed by atoms with Crippen LogP contribution in [0.5, 0.6) is 5.75 Å². The second-order valence-corrected chi connectivity index (χ2v) is 4.55. The second kappa shape index (κ2) is 8.31. The van der Waals surface area contributed by atoms with Crippen LogP contribution in [0.2, 0.25) is 0 Å². The van der Waals surface area contributed by atoms with Crippen molar-refractivity contribution in [1.82, 2.24) is 0 Å². The highest BCUT2D eigenvalue weighted by molar-refractivity contribution is 5.70. The smallest absolute Gasteiger partial charge is 0.307 e. The molecule has 0 spiro atoms. The SMILES string of the molecule is Nc1ccc(CC(=O)O)cc1.O=C(O)Cc1ccc(O)cc1. The molecule has 6 heteroatoms. The molecule has 0 saturated carbocycles. The summed E-state index contributed by atoms with van der Waals surface area (Å²) < 4.78 is 0. The van der Waals surface area contributed by atoms with Crippen molar-refractivity contribution in [2.45, 2.75) is 12.8 Å². The molecule has 5 N–H and O–H groups in total. The molecule has 0 fully saturated rings. The Morgan fingerprint density at radius 3 is 1.50 bits per heavy atom. The fraction of sp³-hybridized carbons (Fsp3) is 0.125. The molecule has 0 aliphatic heterocycles. The van der Waals surface area contributed by atoms with E-state index in [9.17, 15) is 9.59 Å². The summed E-state index contributed by atoms with van der Waals surface area (Å²) in [5, 5.41) is 25.6. The van der Waals surface area contributed by atoms with Gasteiger partial charge in [0.25, 0.3) is 0 Å². The maximum atomic E-state index is 10.2. The number of carboxylic acid groups (broad SMARTS) is 2.